The van der Waals surface area contributed by atoms with Gasteiger partial charge in [-0.2, -0.15) is 0 Å². The fourth-order valence-corrected chi connectivity index (χ4v) is 1.73. The fourth-order valence-electron chi connectivity index (χ4n) is 1.73. The Kier molecular flexibility index (Phi) is 4.73. The van der Waals surface area contributed by atoms with E-state index in [1.807, 2.05) is 13.8 Å². The van der Waals surface area contributed by atoms with E-state index in [0.717, 1.165) is 19.5 Å². The van der Waals surface area contributed by atoms with Gasteiger partial charge in [0.1, 0.15) is 6.04 Å². The van der Waals surface area contributed by atoms with Crippen molar-refractivity contribution in [2.45, 2.75) is 32.7 Å². The average Bonchev–Trinajstić information content (AvgIpc) is 2.13. The molecule has 0 aliphatic carbocycles. The van der Waals surface area contributed by atoms with Gasteiger partial charge in [0.15, 0.2) is 0 Å². The zero-order valence-electron chi connectivity index (χ0n) is 9.82. The molecule has 1 aliphatic rings. The molecule has 0 saturated carbocycles. The summed E-state index contributed by atoms with van der Waals surface area (Å²) < 4.78 is 0. The summed E-state index contributed by atoms with van der Waals surface area (Å²) in [6.07, 6.45) is 1.23. The van der Waals surface area contributed by atoms with Crippen LogP contribution in [0.1, 0.15) is 26.7 Å². The minimum Gasteiger partial charge on any atom is -0.480 e. The van der Waals surface area contributed by atoms with Crippen LogP contribution in [-0.4, -0.2) is 36.1 Å². The lowest BCUT2D eigenvalue weighted by molar-refractivity contribution is -0.143. The van der Waals surface area contributed by atoms with Crippen molar-refractivity contribution in [1.82, 2.24) is 10.6 Å². The van der Waals surface area contributed by atoms with Crippen molar-refractivity contribution < 1.29 is 14.7 Å². The highest BCUT2D eigenvalue weighted by Crippen LogP contribution is 2.16. The van der Waals surface area contributed by atoms with Gasteiger partial charge >= 0.3 is 5.97 Å². The van der Waals surface area contributed by atoms with Crippen molar-refractivity contribution in [2.75, 3.05) is 13.1 Å². The van der Waals surface area contributed by atoms with E-state index in [9.17, 15) is 9.59 Å². The lowest BCUT2D eigenvalue weighted by Crippen LogP contribution is -2.52. The van der Waals surface area contributed by atoms with Crippen molar-refractivity contribution in [3.8, 4) is 0 Å². The third kappa shape index (κ3) is 3.20. The van der Waals surface area contributed by atoms with E-state index in [1.165, 1.54) is 0 Å². The van der Waals surface area contributed by atoms with Crippen LogP contribution in [0.25, 0.3) is 0 Å². The molecule has 5 heteroatoms. The molecule has 1 aliphatic heterocycles. The third-order valence-electron chi connectivity index (χ3n) is 3.13. The molecule has 1 unspecified atom stereocenters. The highest BCUT2D eigenvalue weighted by atomic mass is 16.4. The first-order valence-electron chi connectivity index (χ1n) is 5.80. The second-order valence-electron chi connectivity index (χ2n) is 4.40. The number of carbonyl (C=O) groups excluding carboxylic acids is 1. The van der Waals surface area contributed by atoms with Crippen LogP contribution in [0.4, 0.5) is 0 Å². The van der Waals surface area contributed by atoms with Gasteiger partial charge in [0.2, 0.25) is 5.91 Å². The van der Waals surface area contributed by atoms with E-state index in [4.69, 9.17) is 5.11 Å². The summed E-state index contributed by atoms with van der Waals surface area (Å²) in [6, 6.07) is -0.743. The minimum absolute atomic E-state index is 0.111. The number of hydrogen-bond donors (Lipinski definition) is 3. The normalized spacial score (nSPS) is 19.6. The molecule has 0 aromatic rings. The summed E-state index contributed by atoms with van der Waals surface area (Å²) in [5.74, 6) is -0.863. The van der Waals surface area contributed by atoms with Gasteiger partial charge in [0.05, 0.1) is 0 Å². The summed E-state index contributed by atoms with van der Waals surface area (Å²) in [5.41, 5.74) is 0. The van der Waals surface area contributed by atoms with E-state index in [2.05, 4.69) is 10.6 Å². The maximum atomic E-state index is 11.8. The van der Waals surface area contributed by atoms with Gasteiger partial charge in [-0.3, -0.25) is 4.79 Å². The Balaban J connectivity index is 2.43. The Labute approximate surface area is 95.6 Å². The van der Waals surface area contributed by atoms with Crippen LogP contribution < -0.4 is 10.6 Å². The Hall–Kier alpha value is -1.10. The maximum absolute atomic E-state index is 11.8. The van der Waals surface area contributed by atoms with Crippen LogP contribution in [0.5, 0.6) is 0 Å². The zero-order chi connectivity index (χ0) is 12.1. The van der Waals surface area contributed by atoms with Crippen molar-refractivity contribution >= 4 is 11.9 Å². The van der Waals surface area contributed by atoms with Crippen LogP contribution in [0.2, 0.25) is 0 Å². The molecule has 5 nitrogen and oxygen atoms in total. The van der Waals surface area contributed by atoms with E-state index in [-0.39, 0.29) is 11.8 Å². The highest BCUT2D eigenvalue weighted by Gasteiger charge is 2.30. The zero-order valence-corrected chi connectivity index (χ0v) is 9.82. The standard InChI is InChI=1S/C11H20N2O3/c1-3-4-9(11(15)16)13-10(14)7(2)8-5-12-6-8/h7-9,12H,3-6H2,1-2H3,(H,13,14)(H,15,16)/t7?,9-/m1/s1. The maximum Gasteiger partial charge on any atom is 0.326 e. The largest absolute Gasteiger partial charge is 0.480 e. The van der Waals surface area contributed by atoms with Gasteiger partial charge in [0.25, 0.3) is 0 Å². The first-order valence-corrected chi connectivity index (χ1v) is 5.80. The molecule has 92 valence electrons. The molecule has 0 aromatic heterocycles. The molecule has 1 amide bonds. The smallest absolute Gasteiger partial charge is 0.326 e. The van der Waals surface area contributed by atoms with Gasteiger partial charge in [-0.15, -0.1) is 0 Å². The van der Waals surface area contributed by atoms with Gasteiger partial charge in [-0.05, 0) is 25.4 Å². The number of carbonyl (C=O) groups is 2. The Bertz CT molecular complexity index is 264. The summed E-state index contributed by atoms with van der Waals surface area (Å²) in [6.45, 7) is 5.45. The molecule has 16 heavy (non-hydrogen) atoms. The molecule has 1 heterocycles. The number of carboxylic acid groups (broad SMARTS) is 1. The van der Waals surface area contributed by atoms with Crippen LogP contribution in [0, 0.1) is 11.8 Å². The summed E-state index contributed by atoms with van der Waals surface area (Å²) in [4.78, 5) is 22.6. The quantitative estimate of drug-likeness (QED) is 0.607. The van der Waals surface area contributed by atoms with Crippen LogP contribution >= 0.6 is 0 Å². The molecular formula is C11H20N2O3. The Morgan fingerprint density at radius 2 is 2.12 bits per heavy atom. The monoisotopic (exact) mass is 228 g/mol. The predicted octanol–water partition coefficient (Wildman–Crippen LogP) is 0.211. The van der Waals surface area contributed by atoms with E-state index in [1.54, 1.807) is 0 Å². The lowest BCUT2D eigenvalue weighted by atomic mass is 9.88. The highest BCUT2D eigenvalue weighted by molar-refractivity contribution is 5.85. The second-order valence-corrected chi connectivity index (χ2v) is 4.40. The van der Waals surface area contributed by atoms with E-state index < -0.39 is 12.0 Å². The number of rotatable bonds is 6. The molecule has 0 radical (unpaired) electrons. The molecule has 1 fully saturated rings. The summed E-state index contributed by atoms with van der Waals surface area (Å²) in [7, 11) is 0. The van der Waals surface area contributed by atoms with Gasteiger partial charge in [0, 0.05) is 5.92 Å². The third-order valence-corrected chi connectivity index (χ3v) is 3.13. The summed E-state index contributed by atoms with van der Waals surface area (Å²) >= 11 is 0. The number of aliphatic carboxylic acids is 1. The molecule has 1 saturated heterocycles. The average molecular weight is 228 g/mol. The van der Waals surface area contributed by atoms with E-state index in [0.29, 0.717) is 12.3 Å². The van der Waals surface area contributed by atoms with Gasteiger partial charge in [-0.1, -0.05) is 20.3 Å². The molecule has 0 spiro atoms. The molecule has 0 bridgehead atoms. The van der Waals surface area contributed by atoms with Crippen molar-refractivity contribution in [3.63, 3.8) is 0 Å². The minimum atomic E-state index is -0.950. The topological polar surface area (TPSA) is 78.4 Å². The predicted molar refractivity (Wildman–Crippen MR) is 60.0 cm³/mol. The van der Waals surface area contributed by atoms with Crippen molar-refractivity contribution in [2.24, 2.45) is 11.8 Å². The molecule has 1 rings (SSSR count). The Morgan fingerprint density at radius 1 is 1.50 bits per heavy atom. The fraction of sp³-hybridized carbons (Fsp3) is 0.818. The van der Waals surface area contributed by atoms with Crippen LogP contribution in [0.15, 0.2) is 0 Å². The molecular weight excluding hydrogens is 208 g/mol. The first kappa shape index (κ1) is 13.0. The molecule has 3 N–H and O–H groups in total. The Morgan fingerprint density at radius 3 is 2.50 bits per heavy atom. The van der Waals surface area contributed by atoms with Crippen molar-refractivity contribution in [3.05, 3.63) is 0 Å². The number of amides is 1. The van der Waals surface area contributed by atoms with Crippen LogP contribution in [0.3, 0.4) is 0 Å². The first-order chi connectivity index (χ1) is 7.56. The number of nitrogens with one attached hydrogen (secondary N) is 2. The number of carboxylic acids is 1. The van der Waals surface area contributed by atoms with Gasteiger partial charge < -0.3 is 15.7 Å². The van der Waals surface area contributed by atoms with Crippen LogP contribution in [-0.2, 0) is 9.59 Å². The van der Waals surface area contributed by atoms with Crippen molar-refractivity contribution in [1.29, 1.82) is 0 Å². The van der Waals surface area contributed by atoms with Gasteiger partial charge in [-0.25, -0.2) is 4.79 Å². The number of hydrogen-bond acceptors (Lipinski definition) is 3. The van der Waals surface area contributed by atoms with E-state index >= 15 is 0 Å². The SMILES string of the molecule is CCC[C@@H](NC(=O)C(C)C1CNC1)C(=O)O. The molecule has 0 aromatic carbocycles. The summed E-state index contributed by atoms with van der Waals surface area (Å²) in [5, 5.41) is 14.6. The lowest BCUT2D eigenvalue weighted by Gasteiger charge is -2.32. The molecule has 2 atom stereocenters. The second kappa shape index (κ2) is 5.84.